The Labute approximate surface area is 171 Å². The molecule has 0 saturated heterocycles. The molecule has 1 amide bonds. The first-order chi connectivity index (χ1) is 14.0. The van der Waals surface area contributed by atoms with E-state index in [4.69, 9.17) is 11.6 Å². The van der Waals surface area contributed by atoms with Gasteiger partial charge in [-0.2, -0.15) is 0 Å². The van der Waals surface area contributed by atoms with Crippen LogP contribution in [0, 0.1) is 0 Å². The van der Waals surface area contributed by atoms with Gasteiger partial charge < -0.3 is 10.2 Å². The van der Waals surface area contributed by atoms with Gasteiger partial charge >= 0.3 is 0 Å². The SMILES string of the molecule is Cn1[nH]c2c(c1=O)=C(c1cccc(Cl)c1)N(CC(=O)NCc1ccccn1)CC=2. The second kappa shape index (κ2) is 7.97. The zero-order valence-corrected chi connectivity index (χ0v) is 16.6. The number of aryl methyl sites for hydroxylation is 1. The highest BCUT2D eigenvalue weighted by Crippen LogP contribution is 2.20. The Hall–Kier alpha value is -3.32. The highest BCUT2D eigenvalue weighted by atomic mass is 35.5. The molecule has 1 aliphatic heterocycles. The molecule has 0 fully saturated rings. The lowest BCUT2D eigenvalue weighted by atomic mass is 10.1. The van der Waals surface area contributed by atoms with E-state index in [1.807, 2.05) is 41.3 Å². The molecular formula is C21H20ClN5O2. The molecule has 2 aromatic heterocycles. The summed E-state index contributed by atoms with van der Waals surface area (Å²) in [6.07, 6.45) is 3.60. The third kappa shape index (κ3) is 3.95. The van der Waals surface area contributed by atoms with Gasteiger partial charge in [-0.3, -0.25) is 24.4 Å². The molecule has 8 heteroatoms. The number of pyridine rings is 1. The Bertz CT molecular complexity index is 1230. The zero-order chi connectivity index (χ0) is 20.4. The van der Waals surface area contributed by atoms with Crippen LogP contribution in [0.1, 0.15) is 11.3 Å². The molecule has 3 aromatic rings. The van der Waals surface area contributed by atoms with Crippen molar-refractivity contribution in [1.82, 2.24) is 25.0 Å². The fraction of sp³-hybridized carbons (Fsp3) is 0.190. The smallest absolute Gasteiger partial charge is 0.276 e. The van der Waals surface area contributed by atoms with Crippen LogP contribution in [0.3, 0.4) is 0 Å². The van der Waals surface area contributed by atoms with Crippen LogP contribution in [0.2, 0.25) is 5.02 Å². The van der Waals surface area contributed by atoms with Crippen molar-refractivity contribution in [3.8, 4) is 0 Å². The second-order valence-corrected chi connectivity index (χ2v) is 7.24. The number of benzene rings is 1. The minimum Gasteiger partial charge on any atom is -0.357 e. The monoisotopic (exact) mass is 409 g/mol. The highest BCUT2D eigenvalue weighted by Gasteiger charge is 2.21. The summed E-state index contributed by atoms with van der Waals surface area (Å²) in [5.74, 6) is -0.153. The van der Waals surface area contributed by atoms with Gasteiger partial charge in [-0.15, -0.1) is 0 Å². The molecule has 4 rings (SSSR count). The fourth-order valence-corrected chi connectivity index (χ4v) is 3.62. The van der Waals surface area contributed by atoms with Crippen LogP contribution in [-0.4, -0.2) is 38.7 Å². The quantitative estimate of drug-likeness (QED) is 0.636. The maximum Gasteiger partial charge on any atom is 0.276 e. The fourth-order valence-electron chi connectivity index (χ4n) is 3.43. The highest BCUT2D eigenvalue weighted by molar-refractivity contribution is 6.30. The first-order valence-corrected chi connectivity index (χ1v) is 9.58. The maximum absolute atomic E-state index is 12.7. The Balaban J connectivity index is 1.67. The number of halogens is 1. The lowest BCUT2D eigenvalue weighted by molar-refractivity contribution is -0.121. The van der Waals surface area contributed by atoms with Gasteiger partial charge in [0.05, 0.1) is 35.0 Å². The number of fused-ring (bicyclic) bond motifs is 1. The summed E-state index contributed by atoms with van der Waals surface area (Å²) in [6, 6.07) is 12.9. The first-order valence-electron chi connectivity index (χ1n) is 9.20. The van der Waals surface area contributed by atoms with Crippen molar-refractivity contribution >= 4 is 29.3 Å². The number of carbonyl (C=O) groups excluding carboxylic acids is 1. The molecule has 1 aromatic carbocycles. The summed E-state index contributed by atoms with van der Waals surface area (Å²) >= 11 is 6.19. The van der Waals surface area contributed by atoms with E-state index in [0.29, 0.717) is 29.0 Å². The average molecular weight is 410 g/mol. The lowest BCUT2D eigenvalue weighted by Gasteiger charge is -2.27. The van der Waals surface area contributed by atoms with Crippen molar-refractivity contribution in [3.63, 3.8) is 0 Å². The van der Waals surface area contributed by atoms with Gasteiger partial charge in [-0.05, 0) is 30.3 Å². The average Bonchev–Trinajstić information content (AvgIpc) is 3.01. The second-order valence-electron chi connectivity index (χ2n) is 6.81. The van der Waals surface area contributed by atoms with Gasteiger partial charge in [0.2, 0.25) is 5.91 Å². The zero-order valence-electron chi connectivity index (χ0n) is 15.9. The third-order valence-corrected chi connectivity index (χ3v) is 5.01. The summed E-state index contributed by atoms with van der Waals surface area (Å²) in [6.45, 7) is 0.950. The van der Waals surface area contributed by atoms with Gasteiger partial charge in [-0.25, -0.2) is 0 Å². The molecule has 0 saturated carbocycles. The number of H-pyrrole nitrogens is 1. The minimum absolute atomic E-state index is 0.110. The van der Waals surface area contributed by atoms with Crippen LogP contribution < -0.4 is 21.4 Å². The largest absolute Gasteiger partial charge is 0.357 e. The Morgan fingerprint density at radius 1 is 1.28 bits per heavy atom. The van der Waals surface area contributed by atoms with Crippen LogP contribution >= 0.6 is 11.6 Å². The Kier molecular flexibility index (Phi) is 5.22. The number of aromatic amines is 1. The van der Waals surface area contributed by atoms with Gasteiger partial charge in [-0.1, -0.05) is 29.8 Å². The molecule has 148 valence electrons. The predicted molar refractivity (Wildman–Crippen MR) is 111 cm³/mol. The molecular weight excluding hydrogens is 390 g/mol. The Morgan fingerprint density at radius 2 is 2.14 bits per heavy atom. The van der Waals surface area contributed by atoms with E-state index in [2.05, 4.69) is 15.4 Å². The van der Waals surface area contributed by atoms with Crippen molar-refractivity contribution in [2.24, 2.45) is 7.05 Å². The van der Waals surface area contributed by atoms with Crippen LogP contribution in [0.25, 0.3) is 11.8 Å². The standard InChI is InChI=1S/C21H20ClN5O2/c1-26-21(29)19-17(25-26)8-10-27(20(19)14-5-4-6-15(22)11-14)13-18(28)24-12-16-7-2-3-9-23-16/h2-9,11,25H,10,12-13H2,1H3,(H,24,28). The molecule has 0 aliphatic carbocycles. The molecule has 0 bridgehead atoms. The van der Waals surface area contributed by atoms with Crippen LogP contribution in [0.5, 0.6) is 0 Å². The predicted octanol–water partition coefficient (Wildman–Crippen LogP) is 0.331. The van der Waals surface area contributed by atoms with E-state index in [-0.39, 0.29) is 18.0 Å². The van der Waals surface area contributed by atoms with Crippen LogP contribution in [0.15, 0.2) is 53.5 Å². The number of aromatic nitrogens is 3. The van der Waals surface area contributed by atoms with E-state index in [1.54, 1.807) is 25.4 Å². The molecule has 1 aliphatic rings. The number of hydrogen-bond acceptors (Lipinski definition) is 4. The molecule has 7 nitrogen and oxygen atoms in total. The van der Waals surface area contributed by atoms with E-state index < -0.39 is 0 Å². The van der Waals surface area contributed by atoms with Gasteiger partial charge in [0.1, 0.15) is 0 Å². The van der Waals surface area contributed by atoms with Gasteiger partial charge in [0, 0.05) is 30.4 Å². The topological polar surface area (TPSA) is 83.0 Å². The summed E-state index contributed by atoms with van der Waals surface area (Å²) in [7, 11) is 1.67. The Morgan fingerprint density at radius 3 is 2.90 bits per heavy atom. The summed E-state index contributed by atoms with van der Waals surface area (Å²) < 4.78 is 1.44. The maximum atomic E-state index is 12.7. The van der Waals surface area contributed by atoms with Crippen LogP contribution in [-0.2, 0) is 18.4 Å². The van der Waals surface area contributed by atoms with Crippen molar-refractivity contribution in [2.75, 3.05) is 13.1 Å². The van der Waals surface area contributed by atoms with E-state index in [1.165, 1.54) is 4.68 Å². The van der Waals surface area contributed by atoms with Crippen LogP contribution in [0.4, 0.5) is 0 Å². The molecule has 29 heavy (non-hydrogen) atoms. The normalized spacial score (nSPS) is 13.0. The number of nitrogens with one attached hydrogen (secondary N) is 2. The number of nitrogens with zero attached hydrogens (tertiary/aromatic N) is 3. The van der Waals surface area contributed by atoms with E-state index in [9.17, 15) is 9.59 Å². The van der Waals surface area contributed by atoms with Crippen molar-refractivity contribution < 1.29 is 4.79 Å². The number of amides is 1. The third-order valence-electron chi connectivity index (χ3n) is 4.77. The number of rotatable bonds is 5. The van der Waals surface area contributed by atoms with Gasteiger partial charge in [0.15, 0.2) is 0 Å². The van der Waals surface area contributed by atoms with Crippen molar-refractivity contribution in [2.45, 2.75) is 6.54 Å². The van der Waals surface area contributed by atoms with E-state index >= 15 is 0 Å². The molecule has 3 heterocycles. The molecule has 0 radical (unpaired) electrons. The van der Waals surface area contributed by atoms with Crippen molar-refractivity contribution in [3.05, 3.63) is 85.9 Å². The summed E-state index contributed by atoms with van der Waals surface area (Å²) in [5, 5.41) is 7.80. The lowest BCUT2D eigenvalue weighted by Crippen LogP contribution is -2.48. The molecule has 0 spiro atoms. The summed E-state index contributed by atoms with van der Waals surface area (Å²) in [4.78, 5) is 31.4. The molecule has 0 atom stereocenters. The van der Waals surface area contributed by atoms with Gasteiger partial charge in [0.25, 0.3) is 5.56 Å². The van der Waals surface area contributed by atoms with E-state index in [0.717, 1.165) is 16.6 Å². The molecule has 2 N–H and O–H groups in total. The summed E-state index contributed by atoms with van der Waals surface area (Å²) in [5.41, 5.74) is 2.12. The molecule has 0 unspecified atom stereocenters. The van der Waals surface area contributed by atoms with Crippen molar-refractivity contribution in [1.29, 1.82) is 0 Å². The minimum atomic E-state index is -0.153. The number of carbonyl (C=O) groups is 1. The first kappa shape index (κ1) is 19.0. The number of hydrogen-bond donors (Lipinski definition) is 2.